The minimum atomic E-state index is -4.33. The Labute approximate surface area is 123 Å². The standard InChI is InChI=1S/C14H12BrF3N2/c1-9-2-3-12(5-13(9)14(16,17)18)20-7-10-4-11(15)8-19-6-10/h2-6,8,20H,7H2,1H3. The smallest absolute Gasteiger partial charge is 0.381 e. The predicted octanol–water partition coefficient (Wildman–Crippen LogP) is 4.78. The van der Waals surface area contributed by atoms with E-state index < -0.39 is 11.7 Å². The Hall–Kier alpha value is -1.56. The van der Waals surface area contributed by atoms with Gasteiger partial charge >= 0.3 is 6.18 Å². The molecule has 0 aliphatic carbocycles. The lowest BCUT2D eigenvalue weighted by molar-refractivity contribution is -0.138. The maximum absolute atomic E-state index is 12.8. The van der Waals surface area contributed by atoms with Crippen LogP contribution in [-0.4, -0.2) is 4.98 Å². The Kier molecular flexibility index (Phi) is 4.32. The predicted molar refractivity (Wildman–Crippen MR) is 75.4 cm³/mol. The number of pyridine rings is 1. The Bertz CT molecular complexity index is 612. The lowest BCUT2D eigenvalue weighted by Crippen LogP contribution is -2.09. The van der Waals surface area contributed by atoms with E-state index in [-0.39, 0.29) is 5.56 Å². The molecule has 1 N–H and O–H groups in total. The Morgan fingerprint density at radius 1 is 1.20 bits per heavy atom. The summed E-state index contributed by atoms with van der Waals surface area (Å²) in [6.45, 7) is 1.86. The van der Waals surface area contributed by atoms with Gasteiger partial charge in [0.15, 0.2) is 0 Å². The molecule has 2 rings (SSSR count). The summed E-state index contributed by atoms with van der Waals surface area (Å²) in [5.74, 6) is 0. The molecule has 0 bridgehead atoms. The zero-order valence-corrected chi connectivity index (χ0v) is 12.2. The van der Waals surface area contributed by atoms with Gasteiger partial charge in [-0.3, -0.25) is 4.98 Å². The lowest BCUT2D eigenvalue weighted by atomic mass is 10.1. The van der Waals surface area contributed by atoms with Crippen LogP contribution in [0.5, 0.6) is 0 Å². The summed E-state index contributed by atoms with van der Waals surface area (Å²) in [4.78, 5) is 4.00. The van der Waals surface area contributed by atoms with Gasteiger partial charge in [-0.05, 0) is 52.2 Å². The van der Waals surface area contributed by atoms with Gasteiger partial charge < -0.3 is 5.32 Å². The van der Waals surface area contributed by atoms with Gasteiger partial charge in [-0.25, -0.2) is 0 Å². The van der Waals surface area contributed by atoms with Gasteiger partial charge in [0.05, 0.1) is 5.56 Å². The van der Waals surface area contributed by atoms with Crippen molar-refractivity contribution in [3.05, 3.63) is 57.8 Å². The molecule has 0 aliphatic rings. The first kappa shape index (κ1) is 14.8. The molecule has 0 spiro atoms. The third-order valence-corrected chi connectivity index (χ3v) is 3.23. The Balaban J connectivity index is 2.14. The zero-order valence-electron chi connectivity index (χ0n) is 10.6. The molecule has 20 heavy (non-hydrogen) atoms. The SMILES string of the molecule is Cc1ccc(NCc2cncc(Br)c2)cc1C(F)(F)F. The van der Waals surface area contributed by atoms with E-state index in [1.807, 2.05) is 6.07 Å². The summed E-state index contributed by atoms with van der Waals surface area (Å²) in [5.41, 5.74) is 0.915. The van der Waals surface area contributed by atoms with Crippen molar-refractivity contribution < 1.29 is 13.2 Å². The van der Waals surface area contributed by atoms with Crippen molar-refractivity contribution in [1.29, 1.82) is 0 Å². The Morgan fingerprint density at radius 2 is 1.95 bits per heavy atom. The summed E-state index contributed by atoms with van der Waals surface area (Å²) in [6, 6.07) is 6.08. The van der Waals surface area contributed by atoms with Crippen molar-refractivity contribution in [2.24, 2.45) is 0 Å². The highest BCUT2D eigenvalue weighted by Crippen LogP contribution is 2.33. The minimum absolute atomic E-state index is 0.215. The van der Waals surface area contributed by atoms with E-state index in [1.54, 1.807) is 18.5 Å². The van der Waals surface area contributed by atoms with Gasteiger partial charge in [0.2, 0.25) is 0 Å². The molecule has 2 aromatic rings. The number of hydrogen-bond acceptors (Lipinski definition) is 2. The molecule has 0 amide bonds. The van der Waals surface area contributed by atoms with E-state index in [2.05, 4.69) is 26.2 Å². The van der Waals surface area contributed by atoms with Crippen LogP contribution in [0.25, 0.3) is 0 Å². The number of nitrogens with one attached hydrogen (secondary N) is 1. The van der Waals surface area contributed by atoms with Crippen LogP contribution in [0, 0.1) is 6.92 Å². The summed E-state index contributed by atoms with van der Waals surface area (Å²) in [6.07, 6.45) is -1.02. The number of anilines is 1. The van der Waals surface area contributed by atoms with Crippen molar-refractivity contribution in [3.8, 4) is 0 Å². The molecule has 0 radical (unpaired) electrons. The third kappa shape index (κ3) is 3.72. The van der Waals surface area contributed by atoms with Crippen LogP contribution in [0.15, 0.2) is 41.1 Å². The number of halogens is 4. The van der Waals surface area contributed by atoms with Crippen LogP contribution < -0.4 is 5.32 Å². The van der Waals surface area contributed by atoms with Gasteiger partial charge in [0.1, 0.15) is 0 Å². The highest BCUT2D eigenvalue weighted by atomic mass is 79.9. The second-order valence-corrected chi connectivity index (χ2v) is 5.31. The summed E-state index contributed by atoms with van der Waals surface area (Å²) < 4.78 is 39.2. The number of alkyl halides is 3. The number of aromatic nitrogens is 1. The molecule has 0 unspecified atom stereocenters. The van der Waals surface area contributed by atoms with Gasteiger partial charge in [-0.1, -0.05) is 6.07 Å². The molecule has 106 valence electrons. The first-order valence-electron chi connectivity index (χ1n) is 5.87. The maximum atomic E-state index is 12.8. The van der Waals surface area contributed by atoms with Gasteiger partial charge in [0.25, 0.3) is 0 Å². The van der Waals surface area contributed by atoms with E-state index in [1.165, 1.54) is 13.0 Å². The first-order chi connectivity index (χ1) is 9.36. The summed E-state index contributed by atoms with van der Waals surface area (Å²) in [5, 5.41) is 2.97. The van der Waals surface area contributed by atoms with Crippen LogP contribution in [0.3, 0.4) is 0 Å². The van der Waals surface area contributed by atoms with Crippen molar-refractivity contribution in [2.75, 3.05) is 5.32 Å². The molecule has 6 heteroatoms. The average molecular weight is 345 g/mol. The number of benzene rings is 1. The number of hydrogen-bond donors (Lipinski definition) is 1. The van der Waals surface area contributed by atoms with Crippen LogP contribution in [0.2, 0.25) is 0 Å². The van der Waals surface area contributed by atoms with Crippen LogP contribution in [-0.2, 0) is 12.7 Å². The van der Waals surface area contributed by atoms with Crippen molar-refractivity contribution in [1.82, 2.24) is 4.98 Å². The summed E-state index contributed by atoms with van der Waals surface area (Å²) >= 11 is 3.30. The second kappa shape index (κ2) is 5.83. The largest absolute Gasteiger partial charge is 0.416 e. The van der Waals surface area contributed by atoms with Crippen molar-refractivity contribution in [2.45, 2.75) is 19.6 Å². The second-order valence-electron chi connectivity index (χ2n) is 4.39. The Morgan fingerprint density at radius 3 is 2.60 bits per heavy atom. The molecule has 1 aromatic carbocycles. The molecule has 1 heterocycles. The highest BCUT2D eigenvalue weighted by molar-refractivity contribution is 9.10. The van der Waals surface area contributed by atoms with Crippen molar-refractivity contribution in [3.63, 3.8) is 0 Å². The molecule has 0 atom stereocenters. The normalized spacial score (nSPS) is 11.4. The van der Waals surface area contributed by atoms with Crippen molar-refractivity contribution >= 4 is 21.6 Å². The van der Waals surface area contributed by atoms with Gasteiger partial charge in [0, 0.05) is 29.1 Å². The fourth-order valence-electron chi connectivity index (χ4n) is 1.79. The monoisotopic (exact) mass is 344 g/mol. The fourth-order valence-corrected chi connectivity index (χ4v) is 2.21. The van der Waals surface area contributed by atoms with Crippen LogP contribution in [0.4, 0.5) is 18.9 Å². The lowest BCUT2D eigenvalue weighted by Gasteiger charge is -2.13. The third-order valence-electron chi connectivity index (χ3n) is 2.80. The molecular weight excluding hydrogens is 333 g/mol. The average Bonchev–Trinajstić information content (AvgIpc) is 2.36. The quantitative estimate of drug-likeness (QED) is 0.866. The summed E-state index contributed by atoms with van der Waals surface area (Å²) in [7, 11) is 0. The molecule has 0 aliphatic heterocycles. The van der Waals surface area contributed by atoms with E-state index >= 15 is 0 Å². The number of rotatable bonds is 3. The van der Waals surface area contributed by atoms with Gasteiger partial charge in [-0.2, -0.15) is 13.2 Å². The molecule has 0 saturated carbocycles. The van der Waals surface area contributed by atoms with E-state index in [0.717, 1.165) is 16.1 Å². The van der Waals surface area contributed by atoms with E-state index in [0.29, 0.717) is 12.2 Å². The fraction of sp³-hybridized carbons (Fsp3) is 0.214. The van der Waals surface area contributed by atoms with Crippen LogP contribution >= 0.6 is 15.9 Å². The zero-order chi connectivity index (χ0) is 14.8. The highest BCUT2D eigenvalue weighted by Gasteiger charge is 2.32. The van der Waals surface area contributed by atoms with Crippen LogP contribution in [0.1, 0.15) is 16.7 Å². The first-order valence-corrected chi connectivity index (χ1v) is 6.67. The molecule has 1 aromatic heterocycles. The minimum Gasteiger partial charge on any atom is -0.381 e. The molecular formula is C14H12BrF3N2. The van der Waals surface area contributed by atoms with E-state index in [9.17, 15) is 13.2 Å². The molecule has 0 fully saturated rings. The topological polar surface area (TPSA) is 24.9 Å². The van der Waals surface area contributed by atoms with Gasteiger partial charge in [-0.15, -0.1) is 0 Å². The molecule has 0 saturated heterocycles. The van der Waals surface area contributed by atoms with E-state index in [4.69, 9.17) is 0 Å². The number of aryl methyl sites for hydroxylation is 1. The number of nitrogens with zero attached hydrogens (tertiary/aromatic N) is 1. The molecule has 2 nitrogen and oxygen atoms in total. The maximum Gasteiger partial charge on any atom is 0.416 e.